The largest absolute Gasteiger partial charge is 0.353 e. The fraction of sp³-hybridized carbons (Fsp3) is 0.250. The monoisotopic (exact) mass is 414 g/mol. The molecule has 1 aliphatic heterocycles. The SMILES string of the molecule is CC(=O)c1cccc(S(=O)(=O)N2CCN(c3ncnc4ccc(F)cc34)CC2)c1. The molecule has 0 bridgehead atoms. The second kappa shape index (κ2) is 7.49. The van der Waals surface area contributed by atoms with Crippen molar-refractivity contribution in [1.29, 1.82) is 0 Å². The summed E-state index contributed by atoms with van der Waals surface area (Å²) in [6, 6.07) is 10.4. The number of hydrogen-bond acceptors (Lipinski definition) is 6. The summed E-state index contributed by atoms with van der Waals surface area (Å²) in [5.41, 5.74) is 0.992. The quantitative estimate of drug-likeness (QED) is 0.610. The Morgan fingerprint density at radius 3 is 2.52 bits per heavy atom. The van der Waals surface area contributed by atoms with Crippen LogP contribution >= 0.6 is 0 Å². The summed E-state index contributed by atoms with van der Waals surface area (Å²) >= 11 is 0. The zero-order chi connectivity index (χ0) is 20.6. The maximum absolute atomic E-state index is 13.7. The zero-order valence-corrected chi connectivity index (χ0v) is 16.6. The fourth-order valence-corrected chi connectivity index (χ4v) is 4.90. The molecule has 0 spiro atoms. The van der Waals surface area contributed by atoms with Gasteiger partial charge in [0.25, 0.3) is 0 Å². The molecular formula is C20H19FN4O3S. The average Bonchev–Trinajstić information content (AvgIpc) is 2.73. The third-order valence-corrected chi connectivity index (χ3v) is 6.89. The van der Waals surface area contributed by atoms with E-state index in [2.05, 4.69) is 9.97 Å². The van der Waals surface area contributed by atoms with Crippen LogP contribution in [0.1, 0.15) is 17.3 Å². The minimum absolute atomic E-state index is 0.105. The molecule has 9 heteroatoms. The molecule has 4 rings (SSSR count). The number of anilines is 1. The minimum Gasteiger partial charge on any atom is -0.353 e. The number of sulfonamides is 1. The van der Waals surface area contributed by atoms with E-state index in [1.807, 2.05) is 4.90 Å². The number of aromatic nitrogens is 2. The minimum atomic E-state index is -3.71. The van der Waals surface area contributed by atoms with Gasteiger partial charge < -0.3 is 4.90 Å². The number of carbonyl (C=O) groups excluding carboxylic acids is 1. The fourth-order valence-electron chi connectivity index (χ4n) is 3.43. The Kier molecular flexibility index (Phi) is 5.01. The number of Topliss-reactive ketones (excluding diaryl/α,β-unsaturated/α-hetero) is 1. The van der Waals surface area contributed by atoms with Crippen molar-refractivity contribution in [1.82, 2.24) is 14.3 Å². The third kappa shape index (κ3) is 3.70. The number of halogens is 1. The first-order valence-electron chi connectivity index (χ1n) is 9.12. The molecule has 1 fully saturated rings. The molecule has 0 amide bonds. The van der Waals surface area contributed by atoms with Crippen molar-refractivity contribution in [3.63, 3.8) is 0 Å². The van der Waals surface area contributed by atoms with Crippen LogP contribution in [-0.4, -0.2) is 54.7 Å². The number of fused-ring (bicyclic) bond motifs is 1. The van der Waals surface area contributed by atoms with E-state index in [1.165, 1.54) is 41.8 Å². The van der Waals surface area contributed by atoms with Gasteiger partial charge in [0, 0.05) is 37.1 Å². The normalized spacial score (nSPS) is 15.6. The number of carbonyl (C=O) groups is 1. The van der Waals surface area contributed by atoms with Crippen LogP contribution in [-0.2, 0) is 10.0 Å². The zero-order valence-electron chi connectivity index (χ0n) is 15.7. The Bertz CT molecular complexity index is 1190. The van der Waals surface area contributed by atoms with Gasteiger partial charge in [-0.1, -0.05) is 12.1 Å². The summed E-state index contributed by atoms with van der Waals surface area (Å²) in [6.07, 6.45) is 1.42. The number of piperazine rings is 1. The molecule has 1 saturated heterocycles. The first-order chi connectivity index (χ1) is 13.9. The van der Waals surface area contributed by atoms with Gasteiger partial charge in [-0.05, 0) is 37.3 Å². The van der Waals surface area contributed by atoms with E-state index in [1.54, 1.807) is 18.2 Å². The highest BCUT2D eigenvalue weighted by Gasteiger charge is 2.29. The number of rotatable bonds is 4. The van der Waals surface area contributed by atoms with Gasteiger partial charge in [-0.3, -0.25) is 4.79 Å². The predicted molar refractivity (Wildman–Crippen MR) is 107 cm³/mol. The third-order valence-electron chi connectivity index (χ3n) is 4.99. The van der Waals surface area contributed by atoms with Gasteiger partial charge in [-0.15, -0.1) is 0 Å². The molecule has 1 aliphatic rings. The van der Waals surface area contributed by atoms with E-state index in [4.69, 9.17) is 0 Å². The van der Waals surface area contributed by atoms with Crippen molar-refractivity contribution in [2.24, 2.45) is 0 Å². The van der Waals surface area contributed by atoms with E-state index in [0.29, 0.717) is 35.4 Å². The van der Waals surface area contributed by atoms with Gasteiger partial charge in [0.15, 0.2) is 5.78 Å². The predicted octanol–water partition coefficient (Wildman–Crippen LogP) is 2.48. The smallest absolute Gasteiger partial charge is 0.243 e. The molecule has 0 N–H and O–H groups in total. The molecule has 2 heterocycles. The van der Waals surface area contributed by atoms with Crippen LogP contribution in [0.2, 0.25) is 0 Å². The summed E-state index contributed by atoms with van der Waals surface area (Å²) in [5, 5.41) is 0.595. The van der Waals surface area contributed by atoms with E-state index >= 15 is 0 Å². The van der Waals surface area contributed by atoms with Crippen molar-refractivity contribution in [2.75, 3.05) is 31.1 Å². The second-order valence-corrected chi connectivity index (χ2v) is 8.77. The van der Waals surface area contributed by atoms with Crippen molar-refractivity contribution in [2.45, 2.75) is 11.8 Å². The van der Waals surface area contributed by atoms with Gasteiger partial charge in [-0.2, -0.15) is 4.31 Å². The summed E-state index contributed by atoms with van der Waals surface area (Å²) in [4.78, 5) is 22.1. The molecule has 2 aromatic carbocycles. The van der Waals surface area contributed by atoms with Crippen LogP contribution in [0.3, 0.4) is 0 Å². The topological polar surface area (TPSA) is 83.5 Å². The molecule has 0 atom stereocenters. The second-order valence-electron chi connectivity index (χ2n) is 6.83. The standard InChI is InChI=1S/C20H19FN4O3S/c1-14(26)15-3-2-4-17(11-15)29(27,28)25-9-7-24(8-10-25)20-18-12-16(21)5-6-19(18)22-13-23-20/h2-6,11-13H,7-10H2,1H3. The number of ketones is 1. The van der Waals surface area contributed by atoms with Crippen LogP contribution in [0.25, 0.3) is 10.9 Å². The Labute approximate surface area is 167 Å². The Hall–Kier alpha value is -2.91. The molecule has 1 aromatic heterocycles. The van der Waals surface area contributed by atoms with Crippen LogP contribution in [0.5, 0.6) is 0 Å². The summed E-state index contributed by atoms with van der Waals surface area (Å²) in [5.74, 6) is 0.0278. The van der Waals surface area contributed by atoms with Crippen LogP contribution in [0.15, 0.2) is 53.7 Å². The highest BCUT2D eigenvalue weighted by Crippen LogP contribution is 2.26. The van der Waals surface area contributed by atoms with Gasteiger partial charge in [0.05, 0.1) is 10.4 Å². The molecule has 0 aliphatic carbocycles. The molecule has 0 radical (unpaired) electrons. The molecule has 0 unspecified atom stereocenters. The number of hydrogen-bond donors (Lipinski definition) is 0. The summed E-state index contributed by atoms with van der Waals surface area (Å²) in [6.45, 7) is 2.74. The lowest BCUT2D eigenvalue weighted by molar-refractivity contribution is 0.101. The van der Waals surface area contributed by atoms with E-state index in [9.17, 15) is 17.6 Å². The lowest BCUT2D eigenvalue weighted by Gasteiger charge is -2.35. The highest BCUT2D eigenvalue weighted by molar-refractivity contribution is 7.89. The molecule has 7 nitrogen and oxygen atoms in total. The first kappa shape index (κ1) is 19.4. The molecule has 150 valence electrons. The first-order valence-corrected chi connectivity index (χ1v) is 10.6. The molecular weight excluding hydrogens is 395 g/mol. The van der Waals surface area contributed by atoms with Crippen molar-refractivity contribution in [3.05, 3.63) is 60.2 Å². The maximum atomic E-state index is 13.7. The lowest BCUT2D eigenvalue weighted by atomic mass is 10.2. The summed E-state index contributed by atoms with van der Waals surface area (Å²) in [7, 11) is -3.71. The van der Waals surface area contributed by atoms with Gasteiger partial charge in [0.1, 0.15) is 18.0 Å². The van der Waals surface area contributed by atoms with E-state index < -0.39 is 10.0 Å². The van der Waals surface area contributed by atoms with Crippen molar-refractivity contribution < 1.29 is 17.6 Å². The van der Waals surface area contributed by atoms with E-state index in [0.717, 1.165) is 0 Å². The van der Waals surface area contributed by atoms with Crippen molar-refractivity contribution in [3.8, 4) is 0 Å². The van der Waals surface area contributed by atoms with Gasteiger partial charge >= 0.3 is 0 Å². The highest BCUT2D eigenvalue weighted by atomic mass is 32.2. The van der Waals surface area contributed by atoms with E-state index in [-0.39, 0.29) is 29.6 Å². The average molecular weight is 414 g/mol. The number of nitrogens with zero attached hydrogens (tertiary/aromatic N) is 4. The van der Waals surface area contributed by atoms with Crippen LogP contribution < -0.4 is 4.90 Å². The maximum Gasteiger partial charge on any atom is 0.243 e. The Balaban J connectivity index is 1.56. The van der Waals surface area contributed by atoms with Crippen LogP contribution in [0.4, 0.5) is 10.2 Å². The Morgan fingerprint density at radius 1 is 1.03 bits per heavy atom. The number of benzene rings is 2. The Morgan fingerprint density at radius 2 is 1.79 bits per heavy atom. The summed E-state index contributed by atoms with van der Waals surface area (Å²) < 4.78 is 41.1. The molecule has 29 heavy (non-hydrogen) atoms. The van der Waals surface area contributed by atoms with Crippen molar-refractivity contribution >= 4 is 32.5 Å². The molecule has 0 saturated carbocycles. The lowest BCUT2D eigenvalue weighted by Crippen LogP contribution is -2.49. The molecule has 3 aromatic rings. The van der Waals surface area contributed by atoms with Gasteiger partial charge in [0.2, 0.25) is 10.0 Å². The van der Waals surface area contributed by atoms with Crippen LogP contribution in [0, 0.1) is 5.82 Å². The van der Waals surface area contributed by atoms with Gasteiger partial charge in [-0.25, -0.2) is 22.8 Å².